The topological polar surface area (TPSA) is 9.23 Å². The largest absolute Gasteiger partial charge is 0.490 e. The molecule has 0 aliphatic rings. The summed E-state index contributed by atoms with van der Waals surface area (Å²) in [6.07, 6.45) is 5.12. The lowest BCUT2D eigenvalue weighted by Crippen LogP contribution is -2.17. The maximum Gasteiger partial charge on any atom is 0.129 e. The number of halogens is 2. The van der Waals surface area contributed by atoms with E-state index in [1.165, 1.54) is 12.1 Å². The summed E-state index contributed by atoms with van der Waals surface area (Å²) in [7, 11) is 0. The summed E-state index contributed by atoms with van der Waals surface area (Å²) in [5.74, 6) is -0.230. The molecule has 0 saturated heterocycles. The Balaban J connectivity index is 2.61. The Labute approximate surface area is 115 Å². The molecule has 0 saturated carbocycles. The first-order valence-corrected chi connectivity index (χ1v) is 7.17. The summed E-state index contributed by atoms with van der Waals surface area (Å²) in [5.41, 5.74) is 0. The summed E-state index contributed by atoms with van der Waals surface area (Å²) >= 11 is 0. The lowest BCUT2D eigenvalue weighted by atomic mass is 9.99. The van der Waals surface area contributed by atoms with Crippen molar-refractivity contribution in [1.82, 2.24) is 0 Å². The second kappa shape index (κ2) is 8.13. The van der Waals surface area contributed by atoms with Crippen LogP contribution in [-0.4, -0.2) is 6.10 Å². The molecule has 0 aromatic heterocycles. The highest BCUT2D eigenvalue weighted by Crippen LogP contribution is 2.22. The zero-order valence-corrected chi connectivity index (χ0v) is 12.1. The normalized spacial score (nSPS) is 14.2. The van der Waals surface area contributed by atoms with Crippen LogP contribution in [0.25, 0.3) is 0 Å². The Hall–Kier alpha value is -1.12. The van der Waals surface area contributed by atoms with Gasteiger partial charge in [-0.25, -0.2) is 8.78 Å². The van der Waals surface area contributed by atoms with Crippen LogP contribution in [0.15, 0.2) is 18.2 Å². The molecule has 0 N–H and O–H groups in total. The average molecular weight is 270 g/mol. The van der Waals surface area contributed by atoms with Crippen LogP contribution in [0.4, 0.5) is 8.78 Å². The van der Waals surface area contributed by atoms with Crippen LogP contribution in [0.3, 0.4) is 0 Å². The van der Waals surface area contributed by atoms with Gasteiger partial charge in [-0.05, 0) is 25.2 Å². The van der Waals surface area contributed by atoms with Gasteiger partial charge in [0, 0.05) is 18.2 Å². The molecule has 0 heterocycles. The van der Waals surface area contributed by atoms with Gasteiger partial charge in [0.25, 0.3) is 0 Å². The van der Waals surface area contributed by atoms with Gasteiger partial charge in [0.2, 0.25) is 0 Å². The molecule has 19 heavy (non-hydrogen) atoms. The van der Waals surface area contributed by atoms with E-state index in [1.54, 1.807) is 0 Å². The highest BCUT2D eigenvalue weighted by Gasteiger charge is 2.12. The first kappa shape index (κ1) is 15.9. The maximum absolute atomic E-state index is 13.1. The van der Waals surface area contributed by atoms with E-state index in [9.17, 15) is 8.78 Å². The fraction of sp³-hybridized carbons (Fsp3) is 0.625. The Morgan fingerprint density at radius 1 is 1.00 bits per heavy atom. The van der Waals surface area contributed by atoms with E-state index >= 15 is 0 Å². The maximum atomic E-state index is 13.1. The SMILES string of the molecule is CCCC(CCC(C)CC)Oc1cc(F)cc(F)c1. The first-order chi connectivity index (χ1) is 9.05. The number of benzene rings is 1. The van der Waals surface area contributed by atoms with Crippen molar-refractivity contribution < 1.29 is 13.5 Å². The third kappa shape index (κ3) is 6.04. The highest BCUT2D eigenvalue weighted by atomic mass is 19.1. The van der Waals surface area contributed by atoms with Crippen molar-refractivity contribution >= 4 is 0 Å². The van der Waals surface area contributed by atoms with Crippen molar-refractivity contribution in [2.24, 2.45) is 5.92 Å². The molecule has 1 aromatic carbocycles. The first-order valence-electron chi connectivity index (χ1n) is 7.17. The lowest BCUT2D eigenvalue weighted by molar-refractivity contribution is 0.168. The van der Waals surface area contributed by atoms with Gasteiger partial charge in [-0.3, -0.25) is 0 Å². The molecule has 0 amide bonds. The van der Waals surface area contributed by atoms with E-state index in [0.717, 1.165) is 38.2 Å². The third-order valence-corrected chi connectivity index (χ3v) is 3.43. The van der Waals surface area contributed by atoms with Crippen molar-refractivity contribution in [3.05, 3.63) is 29.8 Å². The second-order valence-electron chi connectivity index (χ2n) is 5.22. The van der Waals surface area contributed by atoms with Crippen molar-refractivity contribution in [1.29, 1.82) is 0 Å². The fourth-order valence-electron chi connectivity index (χ4n) is 2.05. The van der Waals surface area contributed by atoms with Gasteiger partial charge in [0.05, 0.1) is 6.10 Å². The van der Waals surface area contributed by atoms with Gasteiger partial charge >= 0.3 is 0 Å². The van der Waals surface area contributed by atoms with E-state index in [-0.39, 0.29) is 6.10 Å². The standard InChI is InChI=1S/C16H24F2O/c1-4-6-15(8-7-12(3)5-2)19-16-10-13(17)9-14(18)11-16/h9-12,15H,4-8H2,1-3H3. The zero-order chi connectivity index (χ0) is 14.3. The van der Waals surface area contributed by atoms with Crippen molar-refractivity contribution in [3.63, 3.8) is 0 Å². The monoisotopic (exact) mass is 270 g/mol. The Morgan fingerprint density at radius 3 is 2.16 bits per heavy atom. The molecule has 3 heteroatoms. The molecule has 0 spiro atoms. The quantitative estimate of drug-likeness (QED) is 0.619. The molecule has 0 radical (unpaired) electrons. The Bertz CT molecular complexity index is 359. The summed E-state index contributed by atoms with van der Waals surface area (Å²) in [6, 6.07) is 3.35. The zero-order valence-electron chi connectivity index (χ0n) is 12.1. The minimum atomic E-state index is -0.591. The van der Waals surface area contributed by atoms with Gasteiger partial charge in [0.15, 0.2) is 0 Å². The molecule has 0 fully saturated rings. The molecule has 1 rings (SSSR count). The smallest absolute Gasteiger partial charge is 0.129 e. The summed E-state index contributed by atoms with van der Waals surface area (Å²) in [5, 5.41) is 0. The van der Waals surface area contributed by atoms with Gasteiger partial charge < -0.3 is 4.74 Å². The predicted octanol–water partition coefficient (Wildman–Crippen LogP) is 5.34. The highest BCUT2D eigenvalue weighted by molar-refractivity contribution is 5.24. The summed E-state index contributed by atoms with van der Waals surface area (Å²) in [6.45, 7) is 6.47. The summed E-state index contributed by atoms with van der Waals surface area (Å²) < 4.78 is 32.0. The molecule has 2 unspecified atom stereocenters. The Morgan fingerprint density at radius 2 is 1.63 bits per heavy atom. The fourth-order valence-corrected chi connectivity index (χ4v) is 2.05. The van der Waals surface area contributed by atoms with E-state index in [4.69, 9.17) is 4.74 Å². The van der Waals surface area contributed by atoms with Gasteiger partial charge in [-0.15, -0.1) is 0 Å². The number of ether oxygens (including phenoxy) is 1. The van der Waals surface area contributed by atoms with Crippen molar-refractivity contribution in [2.45, 2.75) is 59.0 Å². The number of hydrogen-bond donors (Lipinski definition) is 0. The molecule has 0 aliphatic carbocycles. The van der Waals surface area contributed by atoms with Gasteiger partial charge in [-0.1, -0.05) is 33.6 Å². The molecule has 108 valence electrons. The van der Waals surface area contributed by atoms with Crippen molar-refractivity contribution in [3.8, 4) is 5.75 Å². The van der Waals surface area contributed by atoms with Gasteiger partial charge in [-0.2, -0.15) is 0 Å². The third-order valence-electron chi connectivity index (χ3n) is 3.43. The molecule has 1 aromatic rings. The van der Waals surface area contributed by atoms with Crippen LogP contribution >= 0.6 is 0 Å². The molecule has 0 aliphatic heterocycles. The van der Waals surface area contributed by atoms with Crippen LogP contribution in [0, 0.1) is 17.6 Å². The van der Waals surface area contributed by atoms with Gasteiger partial charge in [0.1, 0.15) is 17.4 Å². The van der Waals surface area contributed by atoms with Crippen molar-refractivity contribution in [2.75, 3.05) is 0 Å². The summed E-state index contributed by atoms with van der Waals surface area (Å²) in [4.78, 5) is 0. The van der Waals surface area contributed by atoms with Crippen LogP contribution in [0.2, 0.25) is 0 Å². The Kier molecular flexibility index (Phi) is 6.82. The minimum Gasteiger partial charge on any atom is -0.490 e. The van der Waals surface area contributed by atoms with Crippen LogP contribution in [0.5, 0.6) is 5.75 Å². The number of rotatable bonds is 8. The molecule has 0 bridgehead atoms. The lowest BCUT2D eigenvalue weighted by Gasteiger charge is -2.20. The van der Waals surface area contributed by atoms with E-state index in [1.807, 2.05) is 0 Å². The van der Waals surface area contributed by atoms with E-state index in [2.05, 4.69) is 20.8 Å². The van der Waals surface area contributed by atoms with Crippen LogP contribution < -0.4 is 4.74 Å². The van der Waals surface area contributed by atoms with E-state index < -0.39 is 11.6 Å². The second-order valence-corrected chi connectivity index (χ2v) is 5.22. The van der Waals surface area contributed by atoms with Crippen LogP contribution in [-0.2, 0) is 0 Å². The predicted molar refractivity (Wildman–Crippen MR) is 74.4 cm³/mol. The van der Waals surface area contributed by atoms with E-state index in [0.29, 0.717) is 11.7 Å². The van der Waals surface area contributed by atoms with Crippen LogP contribution in [0.1, 0.15) is 52.9 Å². The molecule has 2 atom stereocenters. The number of hydrogen-bond acceptors (Lipinski definition) is 1. The molecule has 1 nitrogen and oxygen atoms in total. The minimum absolute atomic E-state index is 0.0419. The molecular formula is C16H24F2O. The molecular weight excluding hydrogens is 246 g/mol. The average Bonchev–Trinajstić information content (AvgIpc) is 2.34.